The number of rotatable bonds is 5. The van der Waals surface area contributed by atoms with Gasteiger partial charge in [-0.05, 0) is 60.1 Å². The third-order valence-electron chi connectivity index (χ3n) is 5.06. The van der Waals surface area contributed by atoms with Crippen LogP contribution in [0, 0.1) is 17.2 Å². The van der Waals surface area contributed by atoms with Crippen LogP contribution in [0.2, 0.25) is 0 Å². The van der Waals surface area contributed by atoms with Crippen LogP contribution >= 0.6 is 0 Å². The minimum atomic E-state index is -0.0388. The summed E-state index contributed by atoms with van der Waals surface area (Å²) in [6.45, 7) is 2.66. The quantitative estimate of drug-likeness (QED) is 0.834. The Bertz CT molecular complexity index is 868. The van der Waals surface area contributed by atoms with Gasteiger partial charge in [0.2, 0.25) is 0 Å². The topological polar surface area (TPSA) is 66.2 Å². The van der Waals surface area contributed by atoms with Crippen LogP contribution < -0.4 is 0 Å². The van der Waals surface area contributed by atoms with Gasteiger partial charge in [0.1, 0.15) is 0 Å². The summed E-state index contributed by atoms with van der Waals surface area (Å²) in [4.78, 5) is 19.0. The van der Waals surface area contributed by atoms with E-state index in [4.69, 9.17) is 10.00 Å². The zero-order valence-electron chi connectivity index (χ0n) is 14.6. The van der Waals surface area contributed by atoms with Gasteiger partial charge in [0.05, 0.1) is 18.2 Å². The Morgan fingerprint density at radius 3 is 3.04 bits per heavy atom. The summed E-state index contributed by atoms with van der Waals surface area (Å²) in [5.74, 6) is 0.711. The molecule has 26 heavy (non-hydrogen) atoms. The van der Waals surface area contributed by atoms with Crippen LogP contribution in [0.4, 0.5) is 0 Å². The maximum absolute atomic E-state index is 12.8. The van der Waals surface area contributed by atoms with Gasteiger partial charge in [-0.3, -0.25) is 9.78 Å². The summed E-state index contributed by atoms with van der Waals surface area (Å²) >= 11 is 0. The molecule has 0 N–H and O–H groups in total. The Hall–Kier alpha value is -2.71. The summed E-state index contributed by atoms with van der Waals surface area (Å²) < 4.78 is 5.83. The van der Waals surface area contributed by atoms with Gasteiger partial charge in [0, 0.05) is 37.7 Å². The SMILES string of the molecule is N#Cc1cccc(C(=O)N2CCc3c(COCC4CC4)cncc3C2)c1. The first-order valence-corrected chi connectivity index (χ1v) is 9.06. The highest BCUT2D eigenvalue weighted by molar-refractivity contribution is 5.94. The fourth-order valence-electron chi connectivity index (χ4n) is 3.39. The van der Waals surface area contributed by atoms with E-state index in [0.29, 0.717) is 30.8 Å². The molecule has 0 radical (unpaired) electrons. The monoisotopic (exact) mass is 347 g/mol. The molecule has 2 aliphatic rings. The van der Waals surface area contributed by atoms with Gasteiger partial charge in [-0.15, -0.1) is 0 Å². The third-order valence-corrected chi connectivity index (χ3v) is 5.06. The van der Waals surface area contributed by atoms with Crippen LogP contribution in [0.15, 0.2) is 36.7 Å². The molecule has 0 atom stereocenters. The van der Waals surface area contributed by atoms with Crippen LogP contribution in [0.3, 0.4) is 0 Å². The van der Waals surface area contributed by atoms with E-state index in [2.05, 4.69) is 11.1 Å². The largest absolute Gasteiger partial charge is 0.376 e. The standard InChI is InChI=1S/C21H21N3O2/c22-9-16-2-1-3-17(8-16)21(25)24-7-6-20-18(12-24)10-23-11-19(20)14-26-13-15-4-5-15/h1-3,8,10-11,15H,4-7,12-14H2. The van der Waals surface area contributed by atoms with Crippen molar-refractivity contribution in [2.24, 2.45) is 5.92 Å². The predicted molar refractivity (Wildman–Crippen MR) is 96.2 cm³/mol. The fraction of sp³-hybridized carbons (Fsp3) is 0.381. The summed E-state index contributed by atoms with van der Waals surface area (Å²) in [5, 5.41) is 9.03. The second-order valence-electron chi connectivity index (χ2n) is 7.06. The molecule has 0 saturated heterocycles. The number of fused-ring (bicyclic) bond motifs is 1. The van der Waals surface area contributed by atoms with Crippen LogP contribution in [0.1, 0.15) is 45.5 Å². The molecule has 1 aliphatic heterocycles. The molecule has 4 rings (SSSR count). The molecule has 1 amide bonds. The average Bonchev–Trinajstić information content (AvgIpc) is 3.51. The number of hydrogen-bond donors (Lipinski definition) is 0. The molecule has 0 bridgehead atoms. The van der Waals surface area contributed by atoms with Gasteiger partial charge in [0.15, 0.2) is 0 Å². The van der Waals surface area contributed by atoms with Crippen LogP contribution in [0.5, 0.6) is 0 Å². The lowest BCUT2D eigenvalue weighted by Crippen LogP contribution is -2.36. The Morgan fingerprint density at radius 1 is 1.35 bits per heavy atom. The lowest BCUT2D eigenvalue weighted by molar-refractivity contribution is 0.0732. The summed E-state index contributed by atoms with van der Waals surface area (Å²) in [5.41, 5.74) is 4.57. The molecule has 5 nitrogen and oxygen atoms in total. The highest BCUT2D eigenvalue weighted by Gasteiger charge is 2.25. The molecular formula is C21H21N3O2. The molecule has 0 spiro atoms. The van der Waals surface area contributed by atoms with Gasteiger partial charge >= 0.3 is 0 Å². The normalized spacial score (nSPS) is 16.0. The fourth-order valence-corrected chi connectivity index (χ4v) is 3.39. The zero-order valence-corrected chi connectivity index (χ0v) is 14.6. The van der Waals surface area contributed by atoms with Crippen molar-refractivity contribution in [2.45, 2.75) is 32.4 Å². The van der Waals surface area contributed by atoms with Gasteiger partial charge in [0.25, 0.3) is 5.91 Å². The zero-order chi connectivity index (χ0) is 17.9. The van der Waals surface area contributed by atoms with Crippen molar-refractivity contribution in [1.82, 2.24) is 9.88 Å². The number of benzene rings is 1. The molecule has 0 unspecified atom stereocenters. The van der Waals surface area contributed by atoms with Crippen LogP contribution in [0.25, 0.3) is 0 Å². The maximum atomic E-state index is 12.8. The number of aromatic nitrogens is 1. The Balaban J connectivity index is 1.47. The Morgan fingerprint density at radius 2 is 2.23 bits per heavy atom. The van der Waals surface area contributed by atoms with E-state index >= 15 is 0 Å². The van der Waals surface area contributed by atoms with Crippen molar-refractivity contribution in [3.8, 4) is 6.07 Å². The van der Waals surface area contributed by atoms with Gasteiger partial charge in [-0.25, -0.2) is 0 Å². The first-order chi connectivity index (χ1) is 12.7. The van der Waals surface area contributed by atoms with Gasteiger partial charge in [-0.1, -0.05) is 6.07 Å². The second-order valence-corrected chi connectivity index (χ2v) is 7.06. The molecule has 1 aromatic carbocycles. The number of pyridine rings is 1. The molecule has 2 aromatic rings. The van der Waals surface area contributed by atoms with Crippen molar-refractivity contribution < 1.29 is 9.53 Å². The van der Waals surface area contributed by atoms with E-state index in [0.717, 1.165) is 30.1 Å². The van der Waals surface area contributed by atoms with Gasteiger partial charge < -0.3 is 9.64 Å². The lowest BCUT2D eigenvalue weighted by atomic mass is 9.97. The molecular weight excluding hydrogens is 326 g/mol. The van der Waals surface area contributed by atoms with E-state index < -0.39 is 0 Å². The Labute approximate surface area is 153 Å². The maximum Gasteiger partial charge on any atom is 0.254 e. The minimum Gasteiger partial charge on any atom is -0.376 e. The first kappa shape index (κ1) is 16.7. The van der Waals surface area contributed by atoms with E-state index in [-0.39, 0.29) is 5.91 Å². The summed E-state index contributed by atoms with van der Waals surface area (Å²) in [6, 6.07) is 8.96. The molecule has 132 valence electrons. The number of amides is 1. The lowest BCUT2D eigenvalue weighted by Gasteiger charge is -2.30. The number of carbonyl (C=O) groups excluding carboxylic acids is 1. The van der Waals surface area contributed by atoms with E-state index in [1.165, 1.54) is 18.4 Å². The van der Waals surface area contributed by atoms with Crippen molar-refractivity contribution in [2.75, 3.05) is 13.2 Å². The predicted octanol–water partition coefficient (Wildman–Crippen LogP) is 3.08. The molecule has 1 aliphatic carbocycles. The average molecular weight is 347 g/mol. The summed E-state index contributed by atoms with van der Waals surface area (Å²) in [7, 11) is 0. The van der Waals surface area contributed by atoms with E-state index in [1.807, 2.05) is 17.3 Å². The first-order valence-electron chi connectivity index (χ1n) is 9.06. The van der Waals surface area contributed by atoms with Crippen molar-refractivity contribution >= 4 is 5.91 Å². The number of hydrogen-bond acceptors (Lipinski definition) is 4. The third kappa shape index (κ3) is 3.61. The van der Waals surface area contributed by atoms with Crippen LogP contribution in [-0.2, 0) is 24.3 Å². The highest BCUT2D eigenvalue weighted by atomic mass is 16.5. The number of nitriles is 1. The Kier molecular flexibility index (Phi) is 4.68. The van der Waals surface area contributed by atoms with Gasteiger partial charge in [-0.2, -0.15) is 5.26 Å². The molecule has 1 fully saturated rings. The molecule has 2 heterocycles. The molecule has 1 aromatic heterocycles. The minimum absolute atomic E-state index is 0.0388. The summed E-state index contributed by atoms with van der Waals surface area (Å²) in [6.07, 6.45) is 7.12. The smallest absolute Gasteiger partial charge is 0.254 e. The van der Waals surface area contributed by atoms with E-state index in [9.17, 15) is 4.79 Å². The molecule has 1 saturated carbocycles. The van der Waals surface area contributed by atoms with E-state index in [1.54, 1.807) is 24.3 Å². The van der Waals surface area contributed by atoms with Crippen LogP contribution in [-0.4, -0.2) is 28.9 Å². The number of ether oxygens (including phenoxy) is 1. The number of nitrogens with zero attached hydrogens (tertiary/aromatic N) is 3. The van der Waals surface area contributed by atoms with Crippen molar-refractivity contribution in [3.63, 3.8) is 0 Å². The molecule has 5 heteroatoms. The van der Waals surface area contributed by atoms with Crippen molar-refractivity contribution in [3.05, 3.63) is 64.5 Å². The second kappa shape index (κ2) is 7.27. The highest BCUT2D eigenvalue weighted by Crippen LogP contribution is 2.29. The van der Waals surface area contributed by atoms with Crippen molar-refractivity contribution in [1.29, 1.82) is 5.26 Å². The number of carbonyl (C=O) groups is 1.